The quantitative estimate of drug-likeness (QED) is 0.781. The Labute approximate surface area is 144 Å². The van der Waals surface area contributed by atoms with Gasteiger partial charge in [0.25, 0.3) is 0 Å². The van der Waals surface area contributed by atoms with Crippen molar-refractivity contribution in [2.45, 2.75) is 6.42 Å². The summed E-state index contributed by atoms with van der Waals surface area (Å²) in [5.74, 6) is 0.887. The second kappa shape index (κ2) is 7.79. The SMILES string of the molecule is COc1cc(NC(=O)Cc2ccc(OC)c(OC)c2Cl)ccc1O. The standard InChI is InChI=1S/C17H18ClNO5/c1-22-13-7-4-10(16(18)17(13)24-3)8-15(21)19-11-5-6-12(20)14(9-11)23-2/h4-7,9,20H,8H2,1-3H3,(H,19,21). The number of carbonyl (C=O) groups excluding carboxylic acids is 1. The molecule has 2 N–H and O–H groups in total. The van der Waals surface area contributed by atoms with Crippen LogP contribution in [-0.4, -0.2) is 32.3 Å². The zero-order valence-corrected chi connectivity index (χ0v) is 14.3. The number of aromatic hydroxyl groups is 1. The number of methoxy groups -OCH3 is 3. The molecule has 2 rings (SSSR count). The minimum Gasteiger partial charge on any atom is -0.504 e. The van der Waals surface area contributed by atoms with Crippen LogP contribution in [0.15, 0.2) is 30.3 Å². The maximum atomic E-state index is 12.2. The molecule has 7 heteroatoms. The van der Waals surface area contributed by atoms with Gasteiger partial charge < -0.3 is 24.6 Å². The number of phenolic OH excluding ortho intramolecular Hbond substituents is 1. The van der Waals surface area contributed by atoms with Gasteiger partial charge in [-0.3, -0.25) is 4.79 Å². The third-order valence-corrected chi connectivity index (χ3v) is 3.79. The molecule has 0 aromatic heterocycles. The first-order chi connectivity index (χ1) is 11.5. The van der Waals surface area contributed by atoms with Crippen LogP contribution in [0.4, 0.5) is 5.69 Å². The fraction of sp³-hybridized carbons (Fsp3) is 0.235. The Hall–Kier alpha value is -2.60. The molecule has 0 fully saturated rings. The van der Waals surface area contributed by atoms with Crippen LogP contribution in [0.3, 0.4) is 0 Å². The van der Waals surface area contributed by atoms with Crippen LogP contribution in [0.5, 0.6) is 23.0 Å². The van der Waals surface area contributed by atoms with Gasteiger partial charge >= 0.3 is 0 Å². The summed E-state index contributed by atoms with van der Waals surface area (Å²) in [7, 11) is 4.43. The van der Waals surface area contributed by atoms with Crippen molar-refractivity contribution in [3.05, 3.63) is 40.9 Å². The van der Waals surface area contributed by atoms with Gasteiger partial charge in [-0.2, -0.15) is 0 Å². The number of anilines is 1. The monoisotopic (exact) mass is 351 g/mol. The summed E-state index contributed by atoms with van der Waals surface area (Å²) in [4.78, 5) is 12.2. The summed E-state index contributed by atoms with van der Waals surface area (Å²) >= 11 is 6.27. The normalized spacial score (nSPS) is 10.2. The number of amides is 1. The largest absolute Gasteiger partial charge is 0.504 e. The molecule has 128 valence electrons. The zero-order valence-electron chi connectivity index (χ0n) is 13.6. The predicted octanol–water partition coefficient (Wildman–Crippen LogP) is 3.25. The van der Waals surface area contributed by atoms with E-state index in [-0.39, 0.29) is 23.8 Å². The fourth-order valence-corrected chi connectivity index (χ4v) is 2.50. The Balaban J connectivity index is 2.15. The van der Waals surface area contributed by atoms with Gasteiger partial charge in [0.05, 0.1) is 32.8 Å². The van der Waals surface area contributed by atoms with E-state index in [9.17, 15) is 9.90 Å². The lowest BCUT2D eigenvalue weighted by Gasteiger charge is -2.13. The molecule has 6 nitrogen and oxygen atoms in total. The molecule has 2 aromatic rings. The summed E-state index contributed by atoms with van der Waals surface area (Å²) in [6.45, 7) is 0. The predicted molar refractivity (Wildman–Crippen MR) is 91.5 cm³/mol. The van der Waals surface area contributed by atoms with E-state index in [1.54, 1.807) is 18.2 Å². The third kappa shape index (κ3) is 3.83. The molecule has 1 amide bonds. The number of hydrogen-bond acceptors (Lipinski definition) is 5. The molecule has 0 heterocycles. The smallest absolute Gasteiger partial charge is 0.228 e. The molecular weight excluding hydrogens is 334 g/mol. The molecule has 0 aliphatic rings. The van der Waals surface area contributed by atoms with Crippen LogP contribution in [0.25, 0.3) is 0 Å². The lowest BCUT2D eigenvalue weighted by Crippen LogP contribution is -2.15. The number of hydrogen-bond donors (Lipinski definition) is 2. The lowest BCUT2D eigenvalue weighted by molar-refractivity contribution is -0.115. The molecule has 0 saturated heterocycles. The van der Waals surface area contributed by atoms with Crippen molar-refractivity contribution in [3.63, 3.8) is 0 Å². The number of carbonyl (C=O) groups is 1. The molecule has 0 aliphatic heterocycles. The molecule has 0 unspecified atom stereocenters. The lowest BCUT2D eigenvalue weighted by atomic mass is 10.1. The first kappa shape index (κ1) is 17.7. The second-order valence-corrected chi connectivity index (χ2v) is 5.26. The topological polar surface area (TPSA) is 77.0 Å². The average Bonchev–Trinajstić information content (AvgIpc) is 2.58. The van der Waals surface area contributed by atoms with Gasteiger partial charge in [0.15, 0.2) is 23.0 Å². The fourth-order valence-electron chi connectivity index (χ4n) is 2.20. The minimum absolute atomic E-state index is 0.00145. The van der Waals surface area contributed by atoms with Crippen molar-refractivity contribution in [3.8, 4) is 23.0 Å². The number of rotatable bonds is 6. The first-order valence-corrected chi connectivity index (χ1v) is 7.44. The number of phenols is 1. The molecule has 0 saturated carbocycles. The summed E-state index contributed by atoms with van der Waals surface area (Å²) in [5, 5.41) is 12.6. The van der Waals surface area contributed by atoms with E-state index in [1.807, 2.05) is 0 Å². The molecule has 0 bridgehead atoms. The van der Waals surface area contributed by atoms with E-state index in [4.69, 9.17) is 25.8 Å². The van der Waals surface area contributed by atoms with Gasteiger partial charge in [-0.1, -0.05) is 17.7 Å². The van der Waals surface area contributed by atoms with Gasteiger partial charge in [0.2, 0.25) is 5.91 Å². The van der Waals surface area contributed by atoms with Crippen LogP contribution < -0.4 is 19.5 Å². The van der Waals surface area contributed by atoms with Crippen molar-refractivity contribution in [1.82, 2.24) is 0 Å². The highest BCUT2D eigenvalue weighted by Crippen LogP contribution is 2.37. The van der Waals surface area contributed by atoms with E-state index < -0.39 is 0 Å². The van der Waals surface area contributed by atoms with E-state index in [0.717, 1.165) is 0 Å². The summed E-state index contributed by atoms with van der Waals surface area (Å²) < 4.78 is 15.4. The van der Waals surface area contributed by atoms with Crippen LogP contribution in [-0.2, 0) is 11.2 Å². The molecule has 0 aliphatic carbocycles. The van der Waals surface area contributed by atoms with Crippen LogP contribution in [0.2, 0.25) is 5.02 Å². The molecule has 0 spiro atoms. The van der Waals surface area contributed by atoms with Gasteiger partial charge in [0.1, 0.15) is 0 Å². The molecule has 2 aromatic carbocycles. The van der Waals surface area contributed by atoms with E-state index in [0.29, 0.717) is 27.8 Å². The number of nitrogens with one attached hydrogen (secondary N) is 1. The minimum atomic E-state index is -0.267. The molecule has 0 atom stereocenters. The number of halogens is 1. The van der Waals surface area contributed by atoms with Crippen molar-refractivity contribution in [2.24, 2.45) is 0 Å². The van der Waals surface area contributed by atoms with Gasteiger partial charge in [-0.05, 0) is 23.8 Å². The van der Waals surface area contributed by atoms with Crippen LogP contribution in [0.1, 0.15) is 5.56 Å². The highest BCUT2D eigenvalue weighted by Gasteiger charge is 2.16. The van der Waals surface area contributed by atoms with Crippen LogP contribution >= 0.6 is 11.6 Å². The Morgan fingerprint density at radius 2 is 1.79 bits per heavy atom. The molecular formula is C17H18ClNO5. The van der Waals surface area contributed by atoms with E-state index in [1.165, 1.54) is 33.5 Å². The van der Waals surface area contributed by atoms with Gasteiger partial charge in [-0.25, -0.2) is 0 Å². The van der Waals surface area contributed by atoms with Crippen LogP contribution in [0, 0.1) is 0 Å². The van der Waals surface area contributed by atoms with Crippen molar-refractivity contribution < 1.29 is 24.1 Å². The Morgan fingerprint density at radius 1 is 1.08 bits per heavy atom. The maximum Gasteiger partial charge on any atom is 0.228 e. The molecule has 0 radical (unpaired) electrons. The average molecular weight is 352 g/mol. The summed E-state index contributed by atoms with van der Waals surface area (Å²) in [6.07, 6.45) is 0.0579. The second-order valence-electron chi connectivity index (χ2n) is 4.89. The Kier molecular flexibility index (Phi) is 5.76. The summed E-state index contributed by atoms with van der Waals surface area (Å²) in [5.41, 5.74) is 1.11. The highest BCUT2D eigenvalue weighted by molar-refractivity contribution is 6.33. The number of benzene rings is 2. The number of ether oxygens (including phenoxy) is 3. The highest BCUT2D eigenvalue weighted by atomic mass is 35.5. The zero-order chi connectivity index (χ0) is 17.7. The van der Waals surface area contributed by atoms with Crippen molar-refractivity contribution in [1.29, 1.82) is 0 Å². The Bertz CT molecular complexity index is 748. The third-order valence-electron chi connectivity index (χ3n) is 3.38. The van der Waals surface area contributed by atoms with E-state index >= 15 is 0 Å². The molecule has 24 heavy (non-hydrogen) atoms. The van der Waals surface area contributed by atoms with Crippen molar-refractivity contribution in [2.75, 3.05) is 26.6 Å². The Morgan fingerprint density at radius 3 is 2.42 bits per heavy atom. The van der Waals surface area contributed by atoms with E-state index in [2.05, 4.69) is 5.32 Å². The first-order valence-electron chi connectivity index (χ1n) is 7.06. The van der Waals surface area contributed by atoms with Crippen molar-refractivity contribution >= 4 is 23.2 Å². The maximum absolute atomic E-state index is 12.2. The van der Waals surface area contributed by atoms with Gasteiger partial charge in [-0.15, -0.1) is 0 Å². The van der Waals surface area contributed by atoms with Gasteiger partial charge in [0, 0.05) is 11.8 Å². The summed E-state index contributed by atoms with van der Waals surface area (Å²) in [6, 6.07) is 7.95.